The van der Waals surface area contributed by atoms with Crippen molar-refractivity contribution in [1.29, 1.82) is 0 Å². The Hall–Kier alpha value is -2.35. The molecule has 8 heteroatoms. The Morgan fingerprint density at radius 1 is 1.45 bits per heavy atom. The minimum Gasteiger partial charge on any atom is -0.487 e. The molecule has 1 saturated heterocycles. The second kappa shape index (κ2) is 8.18. The molecule has 0 bridgehead atoms. The van der Waals surface area contributed by atoms with Crippen LogP contribution in [0.1, 0.15) is 12.8 Å². The second-order valence-electron chi connectivity index (χ2n) is 4.81. The molecule has 1 aliphatic rings. The van der Waals surface area contributed by atoms with Gasteiger partial charge < -0.3 is 19.6 Å². The van der Waals surface area contributed by atoms with Crippen molar-refractivity contribution in [2.24, 2.45) is 0 Å². The predicted molar refractivity (Wildman–Crippen MR) is 75.8 cm³/mol. The summed E-state index contributed by atoms with van der Waals surface area (Å²) in [7, 11) is 0. The first kappa shape index (κ1) is 16.0. The number of para-hydroxylation sites is 1. The van der Waals surface area contributed by atoms with E-state index in [4.69, 9.17) is 9.47 Å². The molecule has 1 aliphatic heterocycles. The summed E-state index contributed by atoms with van der Waals surface area (Å²) >= 11 is 0. The summed E-state index contributed by atoms with van der Waals surface area (Å²) in [4.78, 5) is 26.0. The van der Waals surface area contributed by atoms with Crippen LogP contribution in [0.25, 0.3) is 0 Å². The summed E-state index contributed by atoms with van der Waals surface area (Å²) in [6.45, 7) is 0.862. The molecular weight excluding hydrogens is 292 g/mol. The SMILES string of the molecule is O=C(CC(Oc1ccccc1)C1CO1)NCCCO[N+](=O)[O-]. The number of nitrogens with zero attached hydrogens (tertiary/aromatic N) is 1. The Bertz CT molecular complexity index is 491. The van der Waals surface area contributed by atoms with Gasteiger partial charge in [-0.05, 0) is 18.6 Å². The molecule has 2 atom stereocenters. The van der Waals surface area contributed by atoms with E-state index in [-0.39, 0.29) is 31.1 Å². The Kier molecular flexibility index (Phi) is 5.96. The van der Waals surface area contributed by atoms with Crippen LogP contribution in [-0.2, 0) is 14.4 Å². The highest BCUT2D eigenvalue weighted by Crippen LogP contribution is 2.22. The summed E-state index contributed by atoms with van der Waals surface area (Å²) in [5.41, 5.74) is 0. The van der Waals surface area contributed by atoms with Crippen molar-refractivity contribution >= 4 is 5.91 Å². The number of amides is 1. The normalized spacial score (nSPS) is 17.4. The molecule has 120 valence electrons. The Morgan fingerprint density at radius 3 is 2.82 bits per heavy atom. The van der Waals surface area contributed by atoms with E-state index >= 15 is 0 Å². The molecule has 1 amide bonds. The van der Waals surface area contributed by atoms with E-state index in [9.17, 15) is 14.9 Å². The molecule has 0 aromatic heterocycles. The lowest BCUT2D eigenvalue weighted by Gasteiger charge is -2.17. The number of epoxide rings is 1. The van der Waals surface area contributed by atoms with Gasteiger partial charge in [-0.25, -0.2) is 0 Å². The van der Waals surface area contributed by atoms with Gasteiger partial charge in [0.25, 0.3) is 5.09 Å². The molecule has 1 fully saturated rings. The zero-order valence-electron chi connectivity index (χ0n) is 12.0. The van der Waals surface area contributed by atoms with Crippen LogP contribution in [0, 0.1) is 10.1 Å². The van der Waals surface area contributed by atoms with Crippen LogP contribution in [0.4, 0.5) is 0 Å². The van der Waals surface area contributed by atoms with E-state index in [1.807, 2.05) is 30.3 Å². The van der Waals surface area contributed by atoms with Crippen molar-refractivity contribution in [2.45, 2.75) is 25.0 Å². The highest BCUT2D eigenvalue weighted by Gasteiger charge is 2.36. The van der Waals surface area contributed by atoms with Crippen LogP contribution < -0.4 is 10.1 Å². The topological polar surface area (TPSA) is 103 Å². The van der Waals surface area contributed by atoms with Crippen molar-refractivity contribution in [3.8, 4) is 5.75 Å². The van der Waals surface area contributed by atoms with Gasteiger partial charge in [0.1, 0.15) is 18.0 Å². The molecule has 2 unspecified atom stereocenters. The molecule has 2 rings (SSSR count). The van der Waals surface area contributed by atoms with Crippen LogP contribution in [0.2, 0.25) is 0 Å². The number of ether oxygens (including phenoxy) is 2. The van der Waals surface area contributed by atoms with Crippen LogP contribution >= 0.6 is 0 Å². The number of hydrogen-bond donors (Lipinski definition) is 1. The van der Waals surface area contributed by atoms with E-state index in [2.05, 4.69) is 10.2 Å². The second-order valence-corrected chi connectivity index (χ2v) is 4.81. The van der Waals surface area contributed by atoms with Crippen molar-refractivity contribution in [1.82, 2.24) is 5.32 Å². The van der Waals surface area contributed by atoms with Gasteiger partial charge in [0.05, 0.1) is 19.6 Å². The number of benzene rings is 1. The average molecular weight is 310 g/mol. The molecule has 1 N–H and O–H groups in total. The standard InChI is InChI=1S/C14H18N2O6/c17-14(15-7-4-8-21-16(18)19)9-12(13-10-20-13)22-11-5-2-1-3-6-11/h1-3,5-6,12-13H,4,7-10H2,(H,15,17). The summed E-state index contributed by atoms with van der Waals surface area (Å²) < 4.78 is 11.0. The first-order valence-corrected chi connectivity index (χ1v) is 7.02. The highest BCUT2D eigenvalue weighted by molar-refractivity contribution is 5.76. The quantitative estimate of drug-likeness (QED) is 0.298. The van der Waals surface area contributed by atoms with E-state index in [0.29, 0.717) is 25.3 Å². The minimum absolute atomic E-state index is 0.0387. The van der Waals surface area contributed by atoms with E-state index in [0.717, 1.165) is 0 Å². The zero-order valence-corrected chi connectivity index (χ0v) is 12.0. The smallest absolute Gasteiger partial charge is 0.294 e. The summed E-state index contributed by atoms with van der Waals surface area (Å²) in [5.74, 6) is 0.507. The zero-order chi connectivity index (χ0) is 15.8. The monoisotopic (exact) mass is 310 g/mol. The van der Waals surface area contributed by atoms with Gasteiger partial charge in [0.2, 0.25) is 5.91 Å². The Morgan fingerprint density at radius 2 is 2.18 bits per heavy atom. The van der Waals surface area contributed by atoms with Crippen molar-refractivity contribution in [2.75, 3.05) is 19.8 Å². The van der Waals surface area contributed by atoms with E-state index < -0.39 is 5.09 Å². The van der Waals surface area contributed by atoms with Crippen molar-refractivity contribution in [3.63, 3.8) is 0 Å². The average Bonchev–Trinajstić information content (AvgIpc) is 3.31. The van der Waals surface area contributed by atoms with Gasteiger partial charge in [-0.3, -0.25) is 4.79 Å². The van der Waals surface area contributed by atoms with Gasteiger partial charge in [-0.15, -0.1) is 10.1 Å². The lowest BCUT2D eigenvalue weighted by atomic mass is 10.2. The molecule has 0 saturated carbocycles. The van der Waals surface area contributed by atoms with Crippen molar-refractivity contribution in [3.05, 3.63) is 40.4 Å². The van der Waals surface area contributed by atoms with Crippen LogP contribution in [0.5, 0.6) is 5.75 Å². The maximum atomic E-state index is 11.9. The van der Waals surface area contributed by atoms with Crippen molar-refractivity contribution < 1.29 is 24.2 Å². The molecule has 0 spiro atoms. The molecule has 8 nitrogen and oxygen atoms in total. The summed E-state index contributed by atoms with van der Waals surface area (Å²) in [6.07, 6.45) is 0.146. The lowest BCUT2D eigenvalue weighted by Crippen LogP contribution is -2.34. The fraction of sp³-hybridized carbons (Fsp3) is 0.500. The number of carbonyl (C=O) groups is 1. The Labute approximate surface area is 127 Å². The maximum absolute atomic E-state index is 11.9. The number of carbonyl (C=O) groups excluding carboxylic acids is 1. The molecule has 22 heavy (non-hydrogen) atoms. The molecule has 1 heterocycles. The molecule has 0 aliphatic carbocycles. The molecule has 1 aromatic rings. The van der Waals surface area contributed by atoms with Crippen LogP contribution in [0.15, 0.2) is 30.3 Å². The number of rotatable bonds is 10. The van der Waals surface area contributed by atoms with Gasteiger partial charge in [0.15, 0.2) is 0 Å². The third kappa shape index (κ3) is 5.96. The number of hydrogen-bond acceptors (Lipinski definition) is 6. The molecular formula is C14H18N2O6. The van der Waals surface area contributed by atoms with Gasteiger partial charge in [0, 0.05) is 6.54 Å². The Balaban J connectivity index is 1.69. The summed E-state index contributed by atoms with van der Waals surface area (Å²) in [5, 5.41) is 11.8. The van der Waals surface area contributed by atoms with E-state index in [1.54, 1.807) is 0 Å². The van der Waals surface area contributed by atoms with Gasteiger partial charge >= 0.3 is 0 Å². The first-order chi connectivity index (χ1) is 10.6. The highest BCUT2D eigenvalue weighted by atomic mass is 16.9. The molecule has 0 radical (unpaired) electrons. The third-order valence-corrected chi connectivity index (χ3v) is 3.03. The first-order valence-electron chi connectivity index (χ1n) is 7.02. The number of nitrogens with one attached hydrogen (secondary N) is 1. The largest absolute Gasteiger partial charge is 0.487 e. The molecule has 1 aromatic carbocycles. The third-order valence-electron chi connectivity index (χ3n) is 3.03. The van der Waals surface area contributed by atoms with Crippen LogP contribution in [-0.4, -0.2) is 43.0 Å². The predicted octanol–water partition coefficient (Wildman–Crippen LogP) is 0.938. The van der Waals surface area contributed by atoms with E-state index in [1.165, 1.54) is 0 Å². The minimum atomic E-state index is -0.851. The lowest BCUT2D eigenvalue weighted by molar-refractivity contribution is -0.757. The maximum Gasteiger partial charge on any atom is 0.294 e. The fourth-order valence-electron chi connectivity index (χ4n) is 1.89. The van der Waals surface area contributed by atoms with Gasteiger partial charge in [-0.2, -0.15) is 0 Å². The van der Waals surface area contributed by atoms with Crippen LogP contribution in [0.3, 0.4) is 0 Å². The summed E-state index contributed by atoms with van der Waals surface area (Å²) in [6, 6.07) is 9.24. The fourth-order valence-corrected chi connectivity index (χ4v) is 1.89. The van der Waals surface area contributed by atoms with Gasteiger partial charge in [-0.1, -0.05) is 18.2 Å².